The summed E-state index contributed by atoms with van der Waals surface area (Å²) in [6, 6.07) is 15.0. The predicted octanol–water partition coefficient (Wildman–Crippen LogP) is 6.17. The molecule has 2 N–H and O–H groups in total. The minimum Gasteiger partial charge on any atom is -0.454 e. The average molecular weight is 436 g/mol. The van der Waals surface area contributed by atoms with Gasteiger partial charge in [-0.15, -0.1) is 0 Å². The van der Waals surface area contributed by atoms with E-state index in [1.165, 1.54) is 55.2 Å². The van der Waals surface area contributed by atoms with Crippen LogP contribution in [-0.2, 0) is 13.0 Å². The Kier molecular flexibility index (Phi) is 6.73. The zero-order chi connectivity index (χ0) is 21.6. The number of nitrogens with one attached hydrogen (secondary N) is 2. The third-order valence-corrected chi connectivity index (χ3v) is 6.70. The van der Waals surface area contributed by atoms with E-state index in [0.717, 1.165) is 54.6 Å². The van der Waals surface area contributed by atoms with Crippen LogP contribution >= 0.6 is 0 Å². The number of anilines is 1. The van der Waals surface area contributed by atoms with Gasteiger partial charge in [-0.1, -0.05) is 56.4 Å². The minimum atomic E-state index is 0. The second-order valence-corrected chi connectivity index (χ2v) is 9.03. The third kappa shape index (κ3) is 4.99. The van der Waals surface area contributed by atoms with Crippen LogP contribution in [0.5, 0.6) is 11.5 Å². The molecule has 5 nitrogen and oxygen atoms in total. The molecule has 1 fully saturated rings. The molecule has 32 heavy (non-hydrogen) atoms. The first kappa shape index (κ1) is 21.1. The number of para-hydroxylation sites is 1. The van der Waals surface area contributed by atoms with Gasteiger partial charge in [0.25, 0.3) is 0 Å². The number of rotatable bonds is 9. The highest BCUT2D eigenvalue weighted by Gasteiger charge is 2.17. The molecule has 1 saturated carbocycles. The fourth-order valence-corrected chi connectivity index (χ4v) is 4.99. The maximum Gasteiger partial charge on any atom is 0.231 e. The lowest BCUT2D eigenvalue weighted by Crippen LogP contribution is -2.18. The second kappa shape index (κ2) is 10.2. The lowest BCUT2D eigenvalue weighted by Gasteiger charge is -2.21. The number of ether oxygens (including phenoxy) is 2. The van der Waals surface area contributed by atoms with E-state index in [1.807, 2.05) is 18.3 Å². The van der Waals surface area contributed by atoms with Gasteiger partial charge in [0, 0.05) is 38.8 Å². The van der Waals surface area contributed by atoms with Crippen molar-refractivity contribution in [2.24, 2.45) is 5.92 Å². The van der Waals surface area contributed by atoms with Crippen molar-refractivity contribution >= 4 is 16.6 Å². The normalized spacial score (nSPS) is 15.9. The molecular formula is C27H37N3O2. The molecule has 0 amide bonds. The third-order valence-electron chi connectivity index (χ3n) is 6.70. The van der Waals surface area contributed by atoms with Gasteiger partial charge in [-0.3, -0.25) is 4.98 Å². The highest BCUT2D eigenvalue weighted by atomic mass is 16.7. The monoisotopic (exact) mass is 435 g/mol. The largest absolute Gasteiger partial charge is 0.454 e. The molecule has 2 aliphatic rings. The molecule has 2 heterocycles. The molecule has 0 radical (unpaired) electrons. The van der Waals surface area contributed by atoms with Gasteiger partial charge in [-0.25, -0.2) is 0 Å². The van der Waals surface area contributed by atoms with Gasteiger partial charge in [-0.05, 0) is 49.1 Å². The summed E-state index contributed by atoms with van der Waals surface area (Å²) in [6.45, 7) is 2.96. The molecule has 2 aromatic carbocycles. The van der Waals surface area contributed by atoms with Gasteiger partial charge in [0.15, 0.2) is 11.5 Å². The van der Waals surface area contributed by atoms with Crippen molar-refractivity contribution in [3.8, 4) is 11.5 Å². The maximum atomic E-state index is 5.58. The van der Waals surface area contributed by atoms with E-state index in [0.29, 0.717) is 6.79 Å². The molecule has 1 aliphatic carbocycles. The number of aromatic nitrogens is 1. The Bertz CT molecular complexity index is 1060. The standard InChI is InChI=1S/C27H33N3O2.2H2/c1-2-6-20(7-3-1)16-21-10-11-23-24(12-15-30-25(23)17-21)29-14-5-13-28-18-22-8-4-9-26-27(22)32-19-31-26;;/h4,8-12,15,17,20,28H,1-3,5-7,13-14,16,18-19H2,(H,29,30);2*1H. The van der Waals surface area contributed by atoms with Gasteiger partial charge >= 0.3 is 0 Å². The van der Waals surface area contributed by atoms with Crippen LogP contribution in [0.25, 0.3) is 10.9 Å². The minimum absolute atomic E-state index is 0. The summed E-state index contributed by atoms with van der Waals surface area (Å²) < 4.78 is 11.0. The van der Waals surface area contributed by atoms with E-state index in [2.05, 4.69) is 45.9 Å². The molecule has 5 heteroatoms. The zero-order valence-corrected chi connectivity index (χ0v) is 18.7. The van der Waals surface area contributed by atoms with E-state index in [-0.39, 0.29) is 2.85 Å². The summed E-state index contributed by atoms with van der Waals surface area (Å²) in [4.78, 5) is 4.64. The van der Waals surface area contributed by atoms with E-state index < -0.39 is 0 Å². The Balaban J connectivity index is 0.00000162. The Morgan fingerprint density at radius 3 is 2.88 bits per heavy atom. The van der Waals surface area contributed by atoms with Crippen LogP contribution in [-0.4, -0.2) is 24.9 Å². The summed E-state index contributed by atoms with van der Waals surface area (Å²) in [5, 5.41) is 8.33. The summed E-state index contributed by atoms with van der Waals surface area (Å²) in [5.41, 5.74) is 4.85. The number of nitrogens with zero attached hydrogens (tertiary/aromatic N) is 1. The van der Waals surface area contributed by atoms with Crippen molar-refractivity contribution in [2.45, 2.75) is 51.5 Å². The molecule has 0 spiro atoms. The fourth-order valence-electron chi connectivity index (χ4n) is 4.99. The molecular weight excluding hydrogens is 398 g/mol. The summed E-state index contributed by atoms with van der Waals surface area (Å²) in [5.74, 6) is 2.58. The Labute approximate surface area is 193 Å². The Morgan fingerprint density at radius 1 is 1.00 bits per heavy atom. The van der Waals surface area contributed by atoms with Crippen LogP contribution in [0, 0.1) is 5.92 Å². The maximum absolute atomic E-state index is 5.58. The number of hydrogen-bond acceptors (Lipinski definition) is 5. The van der Waals surface area contributed by atoms with E-state index in [9.17, 15) is 0 Å². The first-order valence-electron chi connectivity index (χ1n) is 12.1. The van der Waals surface area contributed by atoms with Gasteiger partial charge in [0.05, 0.1) is 5.52 Å². The van der Waals surface area contributed by atoms with Crippen molar-refractivity contribution in [2.75, 3.05) is 25.2 Å². The van der Waals surface area contributed by atoms with Gasteiger partial charge in [-0.2, -0.15) is 0 Å². The SMILES string of the molecule is [HH].[HH].c1cc(CNCCCNc2ccnc3cc(CC4CCCCC4)ccc23)c2c(c1)OCO2. The first-order valence-corrected chi connectivity index (χ1v) is 12.1. The summed E-state index contributed by atoms with van der Waals surface area (Å²) >= 11 is 0. The quantitative estimate of drug-likeness (QED) is 0.394. The van der Waals surface area contributed by atoms with E-state index in [4.69, 9.17) is 9.47 Å². The van der Waals surface area contributed by atoms with Gasteiger partial charge < -0.3 is 20.1 Å². The van der Waals surface area contributed by atoms with E-state index in [1.54, 1.807) is 0 Å². The molecule has 5 rings (SSSR count). The lowest BCUT2D eigenvalue weighted by atomic mass is 9.85. The van der Waals surface area contributed by atoms with Gasteiger partial charge in [0.2, 0.25) is 6.79 Å². The van der Waals surface area contributed by atoms with Gasteiger partial charge in [0.1, 0.15) is 0 Å². The predicted molar refractivity (Wildman–Crippen MR) is 134 cm³/mol. The number of hydrogen-bond donors (Lipinski definition) is 2. The van der Waals surface area contributed by atoms with Crippen molar-refractivity contribution in [3.05, 3.63) is 59.8 Å². The van der Waals surface area contributed by atoms with Crippen molar-refractivity contribution in [1.29, 1.82) is 0 Å². The van der Waals surface area contributed by atoms with Crippen molar-refractivity contribution in [3.63, 3.8) is 0 Å². The number of pyridine rings is 1. The average Bonchev–Trinajstić information content (AvgIpc) is 3.32. The zero-order valence-electron chi connectivity index (χ0n) is 18.7. The number of benzene rings is 2. The molecule has 0 unspecified atom stereocenters. The molecule has 1 aromatic heterocycles. The fraction of sp³-hybridized carbons (Fsp3) is 0.444. The summed E-state index contributed by atoms with van der Waals surface area (Å²) in [7, 11) is 0. The van der Waals surface area contributed by atoms with Crippen LogP contribution in [0.15, 0.2) is 48.7 Å². The highest BCUT2D eigenvalue weighted by Crippen LogP contribution is 2.35. The topological polar surface area (TPSA) is 55.4 Å². The second-order valence-electron chi connectivity index (χ2n) is 9.03. The van der Waals surface area contributed by atoms with Crippen molar-refractivity contribution < 1.29 is 12.3 Å². The lowest BCUT2D eigenvalue weighted by molar-refractivity contribution is 0.173. The Morgan fingerprint density at radius 2 is 1.94 bits per heavy atom. The molecule has 0 bridgehead atoms. The molecule has 0 atom stereocenters. The van der Waals surface area contributed by atoms with Crippen molar-refractivity contribution in [1.82, 2.24) is 10.3 Å². The molecule has 3 aromatic rings. The smallest absolute Gasteiger partial charge is 0.231 e. The van der Waals surface area contributed by atoms with Crippen LogP contribution in [0.3, 0.4) is 0 Å². The van der Waals surface area contributed by atoms with Crippen LogP contribution < -0.4 is 20.1 Å². The highest BCUT2D eigenvalue weighted by molar-refractivity contribution is 5.91. The van der Waals surface area contributed by atoms with Crippen LogP contribution in [0.2, 0.25) is 0 Å². The Hall–Kier alpha value is -2.79. The van der Waals surface area contributed by atoms with Crippen LogP contribution in [0.1, 0.15) is 52.5 Å². The molecule has 1 aliphatic heterocycles. The summed E-state index contributed by atoms with van der Waals surface area (Å²) in [6.07, 6.45) is 11.1. The van der Waals surface area contributed by atoms with Crippen LogP contribution in [0.4, 0.5) is 5.69 Å². The molecule has 0 saturated heterocycles. The molecule has 172 valence electrons. The first-order chi connectivity index (χ1) is 15.9. The van der Waals surface area contributed by atoms with E-state index >= 15 is 0 Å². The number of fused-ring (bicyclic) bond motifs is 2.